The monoisotopic (exact) mass is 548 g/mol. The van der Waals surface area contributed by atoms with E-state index in [1.54, 1.807) is 29.5 Å². The molecule has 4 heterocycles. The molecule has 1 N–H and O–H groups in total. The molecule has 0 bridgehead atoms. The van der Waals surface area contributed by atoms with Crippen LogP contribution in [-0.2, 0) is 4.79 Å². The molecule has 1 amide bonds. The van der Waals surface area contributed by atoms with Gasteiger partial charge < -0.3 is 14.4 Å². The van der Waals surface area contributed by atoms with Gasteiger partial charge in [0.15, 0.2) is 5.76 Å². The molecule has 1 aliphatic rings. The number of benzene rings is 2. The number of carbonyl (C=O) groups is 1. The van der Waals surface area contributed by atoms with Crippen LogP contribution in [0.25, 0.3) is 39.7 Å². The van der Waals surface area contributed by atoms with Gasteiger partial charge in [0.05, 0.1) is 15.1 Å². The van der Waals surface area contributed by atoms with Crippen molar-refractivity contribution < 1.29 is 9.32 Å². The van der Waals surface area contributed by atoms with E-state index in [-0.39, 0.29) is 5.91 Å². The average Bonchev–Trinajstić information content (AvgIpc) is 3.69. The smallest absolute Gasteiger partial charge is 0.246 e. The van der Waals surface area contributed by atoms with E-state index in [2.05, 4.69) is 16.2 Å². The van der Waals surface area contributed by atoms with E-state index in [9.17, 15) is 4.79 Å². The molecule has 0 radical (unpaired) electrons. The van der Waals surface area contributed by atoms with Crippen molar-refractivity contribution in [3.8, 4) is 22.7 Å². The molecule has 1 fully saturated rings. The van der Waals surface area contributed by atoms with Crippen molar-refractivity contribution in [2.75, 3.05) is 13.1 Å². The third-order valence-electron chi connectivity index (χ3n) is 6.68. The van der Waals surface area contributed by atoms with E-state index < -0.39 is 0 Å². The minimum atomic E-state index is 0.0417. The number of hydrogen-bond donors (Lipinski definition) is 1. The fourth-order valence-corrected chi connectivity index (χ4v) is 5.90. The molecular formula is C28H22Cl2N4O2S. The van der Waals surface area contributed by atoms with E-state index in [0.29, 0.717) is 40.5 Å². The molecular weight excluding hydrogens is 527 g/mol. The van der Waals surface area contributed by atoms with Crippen LogP contribution in [0.2, 0.25) is 10.0 Å². The first kappa shape index (κ1) is 24.0. The number of amides is 1. The predicted octanol–water partition coefficient (Wildman–Crippen LogP) is 7.67. The van der Waals surface area contributed by atoms with Crippen LogP contribution in [0.4, 0.5) is 0 Å². The lowest BCUT2D eigenvalue weighted by molar-refractivity contribution is -0.126. The zero-order valence-electron chi connectivity index (χ0n) is 19.7. The first-order valence-corrected chi connectivity index (χ1v) is 13.6. The number of nitrogens with one attached hydrogen (secondary N) is 1. The van der Waals surface area contributed by atoms with Gasteiger partial charge in [0, 0.05) is 59.2 Å². The van der Waals surface area contributed by atoms with E-state index >= 15 is 0 Å². The summed E-state index contributed by atoms with van der Waals surface area (Å²) in [4.78, 5) is 22.8. The molecule has 6 nitrogen and oxygen atoms in total. The van der Waals surface area contributed by atoms with Gasteiger partial charge in [-0.3, -0.25) is 4.79 Å². The standard InChI is InChI=1S/C28H22Cl2N4O2S/c29-21-7-5-18(13-22(21)30)24-14-26(36-33-24)25-16-37-28(32-25)17-9-11-34(12-10-17)27(35)8-6-19-15-31-23-4-2-1-3-20(19)23/h1-8,13-17,31H,9-12H2. The summed E-state index contributed by atoms with van der Waals surface area (Å²) in [6, 6.07) is 15.3. The molecule has 5 aromatic rings. The average molecular weight is 549 g/mol. The van der Waals surface area contributed by atoms with Crippen molar-refractivity contribution in [2.45, 2.75) is 18.8 Å². The quantitative estimate of drug-likeness (QED) is 0.228. The van der Waals surface area contributed by atoms with Crippen LogP contribution in [0.5, 0.6) is 0 Å². The fourth-order valence-electron chi connectivity index (χ4n) is 4.62. The van der Waals surface area contributed by atoms with Gasteiger partial charge in [-0.05, 0) is 42.7 Å². The van der Waals surface area contributed by atoms with Gasteiger partial charge >= 0.3 is 0 Å². The number of fused-ring (bicyclic) bond motifs is 1. The second-order valence-corrected chi connectivity index (χ2v) is 10.7. The highest BCUT2D eigenvalue weighted by Crippen LogP contribution is 2.35. The number of nitrogens with zero attached hydrogens (tertiary/aromatic N) is 3. The molecule has 1 saturated heterocycles. The summed E-state index contributed by atoms with van der Waals surface area (Å²) < 4.78 is 5.56. The van der Waals surface area contributed by atoms with Gasteiger partial charge in [-0.25, -0.2) is 4.98 Å². The number of hydrogen-bond acceptors (Lipinski definition) is 5. The summed E-state index contributed by atoms with van der Waals surface area (Å²) in [5, 5.41) is 9.31. The van der Waals surface area contributed by atoms with Gasteiger partial charge in [-0.15, -0.1) is 11.3 Å². The number of thiazole rings is 1. The molecule has 1 aliphatic heterocycles. The Bertz CT molecular complexity index is 1610. The second-order valence-electron chi connectivity index (χ2n) is 9.00. The maximum atomic E-state index is 12.8. The number of H-pyrrole nitrogens is 1. The van der Waals surface area contributed by atoms with Crippen LogP contribution < -0.4 is 0 Å². The summed E-state index contributed by atoms with van der Waals surface area (Å²) in [6.45, 7) is 1.42. The minimum absolute atomic E-state index is 0.0417. The maximum Gasteiger partial charge on any atom is 0.246 e. The third kappa shape index (κ3) is 4.94. The summed E-state index contributed by atoms with van der Waals surface area (Å²) in [6.07, 6.45) is 7.26. The largest absolute Gasteiger partial charge is 0.361 e. The highest BCUT2D eigenvalue weighted by atomic mass is 35.5. The zero-order valence-corrected chi connectivity index (χ0v) is 22.0. The SMILES string of the molecule is O=C(C=Cc1c[nH]c2ccccc12)N1CCC(c2nc(-c3cc(-c4ccc(Cl)c(Cl)c4)no3)cs2)CC1. The zero-order chi connectivity index (χ0) is 25.4. The molecule has 6 rings (SSSR count). The van der Waals surface area contributed by atoms with E-state index in [1.165, 1.54) is 0 Å². The lowest BCUT2D eigenvalue weighted by Crippen LogP contribution is -2.36. The van der Waals surface area contributed by atoms with Crippen LogP contribution in [-0.4, -0.2) is 39.0 Å². The Morgan fingerprint density at radius 1 is 1.08 bits per heavy atom. The van der Waals surface area contributed by atoms with Crippen LogP contribution in [0, 0.1) is 0 Å². The molecule has 3 aromatic heterocycles. The molecule has 9 heteroatoms. The van der Waals surface area contributed by atoms with Gasteiger partial charge in [0.1, 0.15) is 11.4 Å². The topological polar surface area (TPSA) is 75.0 Å². The summed E-state index contributed by atoms with van der Waals surface area (Å²) >= 11 is 13.8. The molecule has 186 valence electrons. The van der Waals surface area contributed by atoms with Crippen molar-refractivity contribution >= 4 is 57.4 Å². The lowest BCUT2D eigenvalue weighted by Gasteiger charge is -2.30. The van der Waals surface area contributed by atoms with Crippen molar-refractivity contribution in [3.05, 3.63) is 86.8 Å². The molecule has 0 saturated carbocycles. The van der Waals surface area contributed by atoms with Gasteiger partial charge in [0.25, 0.3) is 0 Å². The molecule has 0 atom stereocenters. The normalized spacial score (nSPS) is 14.7. The number of rotatable bonds is 5. The Hall–Kier alpha value is -3.39. The summed E-state index contributed by atoms with van der Waals surface area (Å²) in [7, 11) is 0. The number of halogens is 2. The lowest BCUT2D eigenvalue weighted by atomic mass is 9.97. The Labute approximate surface area is 227 Å². The Morgan fingerprint density at radius 3 is 2.76 bits per heavy atom. The van der Waals surface area contributed by atoms with Crippen molar-refractivity contribution in [1.82, 2.24) is 20.0 Å². The molecule has 37 heavy (non-hydrogen) atoms. The van der Waals surface area contributed by atoms with Crippen molar-refractivity contribution in [3.63, 3.8) is 0 Å². The first-order valence-electron chi connectivity index (χ1n) is 12.0. The Balaban J connectivity index is 1.08. The van der Waals surface area contributed by atoms with Crippen LogP contribution in [0.15, 0.2) is 70.7 Å². The van der Waals surface area contributed by atoms with E-state index in [4.69, 9.17) is 32.7 Å². The van der Waals surface area contributed by atoms with Crippen LogP contribution >= 0.6 is 34.5 Å². The second kappa shape index (κ2) is 10.2. The van der Waals surface area contributed by atoms with Gasteiger partial charge in [0.2, 0.25) is 5.91 Å². The minimum Gasteiger partial charge on any atom is -0.361 e. The van der Waals surface area contributed by atoms with Crippen LogP contribution in [0.1, 0.15) is 29.3 Å². The van der Waals surface area contributed by atoms with Crippen molar-refractivity contribution in [1.29, 1.82) is 0 Å². The summed E-state index contributed by atoms with van der Waals surface area (Å²) in [5.74, 6) is 0.969. The molecule has 2 aromatic carbocycles. The van der Waals surface area contributed by atoms with Crippen molar-refractivity contribution in [2.24, 2.45) is 0 Å². The highest BCUT2D eigenvalue weighted by molar-refractivity contribution is 7.10. The Kier molecular flexibility index (Phi) is 6.59. The van der Waals surface area contributed by atoms with Gasteiger partial charge in [-0.2, -0.15) is 0 Å². The molecule has 0 spiro atoms. The maximum absolute atomic E-state index is 12.8. The van der Waals surface area contributed by atoms with Gasteiger partial charge in [-0.1, -0.05) is 52.6 Å². The number of aromatic nitrogens is 3. The highest BCUT2D eigenvalue weighted by Gasteiger charge is 2.25. The number of aromatic amines is 1. The molecule has 0 unspecified atom stereocenters. The summed E-state index contributed by atoms with van der Waals surface area (Å²) in [5.41, 5.74) is 4.35. The number of likely N-dealkylation sites (tertiary alicyclic amines) is 1. The fraction of sp³-hybridized carbons (Fsp3) is 0.179. The van der Waals surface area contributed by atoms with E-state index in [1.807, 2.05) is 52.9 Å². The number of carbonyl (C=O) groups excluding carboxylic acids is 1. The predicted molar refractivity (Wildman–Crippen MR) is 149 cm³/mol. The molecule has 0 aliphatic carbocycles. The first-order chi connectivity index (χ1) is 18.0. The third-order valence-corrected chi connectivity index (χ3v) is 8.43. The van der Waals surface area contributed by atoms with Crippen LogP contribution in [0.3, 0.4) is 0 Å². The number of piperidine rings is 1. The van der Waals surface area contributed by atoms with E-state index in [0.717, 1.165) is 45.6 Å². The number of para-hydroxylation sites is 1. The Morgan fingerprint density at radius 2 is 1.92 bits per heavy atom.